The monoisotopic (exact) mass is 778 g/mol. The van der Waals surface area contributed by atoms with Crippen molar-refractivity contribution in [3.8, 4) is 39.1 Å². The van der Waals surface area contributed by atoms with Gasteiger partial charge in [-0.05, 0) is 93.2 Å². The van der Waals surface area contributed by atoms with E-state index in [4.69, 9.17) is 4.42 Å². The number of hydrogen-bond acceptors (Lipinski definition) is 2. The first kappa shape index (κ1) is 34.9. The quantitative estimate of drug-likeness (QED) is 0.161. The second-order valence-electron chi connectivity index (χ2n) is 15.6. The summed E-state index contributed by atoms with van der Waals surface area (Å²) >= 11 is 0. The Kier molecular flexibility index (Phi) is 8.17. The van der Waals surface area contributed by atoms with Gasteiger partial charge in [0.25, 0.3) is 0 Å². The third kappa shape index (κ3) is 5.74. The summed E-state index contributed by atoms with van der Waals surface area (Å²) in [5.74, 6) is 0. The molecular formula is C58H38N2O. The van der Waals surface area contributed by atoms with E-state index in [0.717, 1.165) is 72.4 Å². The summed E-state index contributed by atoms with van der Waals surface area (Å²) < 4.78 is 9.38. The van der Waals surface area contributed by atoms with E-state index >= 15 is 0 Å². The third-order valence-electron chi connectivity index (χ3n) is 12.2. The van der Waals surface area contributed by atoms with Crippen LogP contribution in [-0.4, -0.2) is 4.57 Å². The van der Waals surface area contributed by atoms with Gasteiger partial charge in [0.05, 0.1) is 33.5 Å². The Morgan fingerprint density at radius 1 is 0.344 bits per heavy atom. The van der Waals surface area contributed by atoms with Gasteiger partial charge in [-0.25, -0.2) is 0 Å². The van der Waals surface area contributed by atoms with Crippen molar-refractivity contribution in [2.24, 2.45) is 0 Å². The Morgan fingerprint density at radius 3 is 1.61 bits per heavy atom. The molecule has 12 rings (SSSR count). The lowest BCUT2D eigenvalue weighted by atomic mass is 9.95. The lowest BCUT2D eigenvalue weighted by molar-refractivity contribution is 0.670. The number of anilines is 3. The molecule has 10 aromatic carbocycles. The number of fused-ring (bicyclic) bond motifs is 7. The Labute approximate surface area is 353 Å². The number of furan rings is 1. The Hall–Kier alpha value is -8.14. The smallest absolute Gasteiger partial charge is 0.145 e. The highest BCUT2D eigenvalue weighted by Crippen LogP contribution is 2.49. The van der Waals surface area contributed by atoms with Crippen LogP contribution in [0.2, 0.25) is 0 Å². The maximum atomic E-state index is 6.95. The van der Waals surface area contributed by atoms with Crippen LogP contribution in [-0.2, 0) is 0 Å². The van der Waals surface area contributed by atoms with E-state index in [9.17, 15) is 0 Å². The molecule has 286 valence electrons. The number of rotatable bonds is 7. The fraction of sp³-hybridized carbons (Fsp3) is 0. The number of benzene rings is 10. The molecular weight excluding hydrogens is 741 g/mol. The molecule has 2 heterocycles. The van der Waals surface area contributed by atoms with Gasteiger partial charge in [-0.3, -0.25) is 0 Å². The summed E-state index contributed by atoms with van der Waals surface area (Å²) in [4.78, 5) is 2.43. The molecule has 0 aliphatic carbocycles. The predicted molar refractivity (Wildman–Crippen MR) is 257 cm³/mol. The Bertz CT molecular complexity index is 3520. The van der Waals surface area contributed by atoms with Crippen LogP contribution in [0.3, 0.4) is 0 Å². The zero-order valence-corrected chi connectivity index (χ0v) is 33.2. The average molecular weight is 779 g/mol. The standard InChI is InChI=1S/C58H38N2O/c1-2-15-39(16-3-1)40-29-31-41(32-30-40)42-33-35-44(36-34-42)59(53-26-11-12-27-54(53)60-51-24-9-6-20-47(51)48-21-7-10-25-52(48)60)55-38-37-49(46-23-14-18-43-17-4-5-19-45(43)46)58-57(55)50-22-8-13-28-56(50)61-58/h1-38H. The molecule has 0 atom stereocenters. The molecule has 3 nitrogen and oxygen atoms in total. The first-order valence-corrected chi connectivity index (χ1v) is 20.8. The summed E-state index contributed by atoms with van der Waals surface area (Å²) in [6, 6.07) is 82.8. The largest absolute Gasteiger partial charge is 0.455 e. The lowest BCUT2D eigenvalue weighted by Crippen LogP contribution is -2.13. The molecule has 0 spiro atoms. The van der Waals surface area contributed by atoms with Crippen molar-refractivity contribution < 1.29 is 4.42 Å². The van der Waals surface area contributed by atoms with Gasteiger partial charge in [0, 0.05) is 27.4 Å². The van der Waals surface area contributed by atoms with E-state index in [2.05, 4.69) is 240 Å². The van der Waals surface area contributed by atoms with E-state index in [1.807, 2.05) is 0 Å². The molecule has 0 aliphatic heterocycles. The fourth-order valence-corrected chi connectivity index (χ4v) is 9.39. The minimum atomic E-state index is 0.858. The van der Waals surface area contributed by atoms with Crippen molar-refractivity contribution in [2.45, 2.75) is 0 Å². The van der Waals surface area contributed by atoms with Gasteiger partial charge in [0.1, 0.15) is 11.2 Å². The highest BCUT2D eigenvalue weighted by molar-refractivity contribution is 6.19. The van der Waals surface area contributed by atoms with Crippen molar-refractivity contribution in [3.05, 3.63) is 231 Å². The van der Waals surface area contributed by atoms with E-state index in [1.165, 1.54) is 38.2 Å². The molecule has 0 aliphatic rings. The van der Waals surface area contributed by atoms with Gasteiger partial charge < -0.3 is 13.9 Å². The molecule has 0 unspecified atom stereocenters. The first-order chi connectivity index (χ1) is 30.3. The molecule has 61 heavy (non-hydrogen) atoms. The van der Waals surface area contributed by atoms with Crippen molar-refractivity contribution >= 4 is 71.6 Å². The van der Waals surface area contributed by atoms with Gasteiger partial charge in [-0.15, -0.1) is 0 Å². The predicted octanol–water partition coefficient (Wildman–Crippen LogP) is 16.3. The molecule has 0 saturated heterocycles. The molecule has 12 aromatic rings. The fourth-order valence-electron chi connectivity index (χ4n) is 9.39. The summed E-state index contributed by atoms with van der Waals surface area (Å²) in [7, 11) is 0. The number of hydrogen-bond donors (Lipinski definition) is 0. The molecule has 0 fully saturated rings. The maximum absolute atomic E-state index is 6.95. The molecule has 2 aromatic heterocycles. The highest BCUT2D eigenvalue weighted by Gasteiger charge is 2.25. The molecule has 0 amide bonds. The molecule has 0 saturated carbocycles. The summed E-state index contributed by atoms with van der Waals surface area (Å²) in [5.41, 5.74) is 15.2. The van der Waals surface area contributed by atoms with Crippen LogP contribution in [0.5, 0.6) is 0 Å². The van der Waals surface area contributed by atoms with Crippen LogP contribution in [0, 0.1) is 0 Å². The first-order valence-electron chi connectivity index (χ1n) is 20.8. The second-order valence-corrected chi connectivity index (χ2v) is 15.6. The van der Waals surface area contributed by atoms with Crippen LogP contribution >= 0.6 is 0 Å². The van der Waals surface area contributed by atoms with Crippen molar-refractivity contribution in [2.75, 3.05) is 4.90 Å². The van der Waals surface area contributed by atoms with E-state index < -0.39 is 0 Å². The average Bonchev–Trinajstić information content (AvgIpc) is 3.89. The van der Waals surface area contributed by atoms with Crippen LogP contribution in [0.1, 0.15) is 0 Å². The number of aromatic nitrogens is 1. The van der Waals surface area contributed by atoms with Gasteiger partial charge in [0.2, 0.25) is 0 Å². The van der Waals surface area contributed by atoms with Crippen LogP contribution < -0.4 is 4.90 Å². The van der Waals surface area contributed by atoms with Crippen molar-refractivity contribution in [3.63, 3.8) is 0 Å². The Morgan fingerprint density at radius 2 is 0.885 bits per heavy atom. The summed E-state index contributed by atoms with van der Waals surface area (Å²) in [6.07, 6.45) is 0. The summed E-state index contributed by atoms with van der Waals surface area (Å²) in [5, 5.41) is 6.99. The lowest BCUT2D eigenvalue weighted by Gasteiger charge is -2.29. The number of nitrogens with zero attached hydrogens (tertiary/aromatic N) is 2. The normalized spacial score (nSPS) is 11.6. The van der Waals surface area contributed by atoms with Crippen LogP contribution in [0.25, 0.3) is 93.6 Å². The highest BCUT2D eigenvalue weighted by atomic mass is 16.3. The minimum Gasteiger partial charge on any atom is -0.455 e. The molecule has 0 radical (unpaired) electrons. The van der Waals surface area contributed by atoms with Gasteiger partial charge in [-0.1, -0.05) is 176 Å². The van der Waals surface area contributed by atoms with Gasteiger partial charge in [-0.2, -0.15) is 0 Å². The second kappa shape index (κ2) is 14.3. The zero-order chi connectivity index (χ0) is 40.3. The van der Waals surface area contributed by atoms with Crippen molar-refractivity contribution in [1.82, 2.24) is 4.57 Å². The van der Waals surface area contributed by atoms with Gasteiger partial charge >= 0.3 is 0 Å². The molecule has 0 bridgehead atoms. The van der Waals surface area contributed by atoms with Gasteiger partial charge in [0.15, 0.2) is 0 Å². The minimum absolute atomic E-state index is 0.858. The molecule has 3 heteroatoms. The third-order valence-corrected chi connectivity index (χ3v) is 12.2. The summed E-state index contributed by atoms with van der Waals surface area (Å²) in [6.45, 7) is 0. The van der Waals surface area contributed by atoms with Crippen LogP contribution in [0.4, 0.5) is 17.1 Å². The topological polar surface area (TPSA) is 21.3 Å². The van der Waals surface area contributed by atoms with Crippen LogP contribution in [0.15, 0.2) is 235 Å². The van der Waals surface area contributed by atoms with E-state index in [1.54, 1.807) is 0 Å². The maximum Gasteiger partial charge on any atom is 0.145 e. The van der Waals surface area contributed by atoms with E-state index in [0.29, 0.717) is 0 Å². The zero-order valence-electron chi connectivity index (χ0n) is 33.2. The Balaban J connectivity index is 1.10. The van der Waals surface area contributed by atoms with E-state index in [-0.39, 0.29) is 0 Å². The SMILES string of the molecule is c1ccc(-c2ccc(-c3ccc(N(c4ccccc4-n4c5ccccc5c5ccccc54)c4ccc(-c5cccc6ccccc56)c5oc6ccccc6c45)cc3)cc2)cc1. The van der Waals surface area contributed by atoms with Crippen molar-refractivity contribution in [1.29, 1.82) is 0 Å². The number of para-hydroxylation sites is 5. The molecule has 0 N–H and O–H groups in total.